The highest BCUT2D eigenvalue weighted by atomic mass is 16.7. The summed E-state index contributed by atoms with van der Waals surface area (Å²) in [6.07, 6.45) is 6.46. The Kier molecular flexibility index (Phi) is 3.78. The molecule has 0 atom stereocenters. The summed E-state index contributed by atoms with van der Waals surface area (Å²) in [4.78, 5) is 0. The van der Waals surface area contributed by atoms with Gasteiger partial charge in [0.25, 0.3) is 0 Å². The molecule has 19 heavy (non-hydrogen) atoms. The first-order chi connectivity index (χ1) is 9.36. The second kappa shape index (κ2) is 5.70. The molecule has 2 aliphatic rings. The van der Waals surface area contributed by atoms with Crippen molar-refractivity contribution < 1.29 is 19.3 Å². The van der Waals surface area contributed by atoms with Gasteiger partial charge >= 0.3 is 0 Å². The summed E-state index contributed by atoms with van der Waals surface area (Å²) in [7, 11) is 0. The molecular weight excluding hydrogens is 244 g/mol. The zero-order valence-corrected chi connectivity index (χ0v) is 11.1. The van der Waals surface area contributed by atoms with Crippen molar-refractivity contribution in [1.82, 2.24) is 0 Å². The maximum Gasteiger partial charge on any atom is 0.231 e. The highest BCUT2D eigenvalue weighted by molar-refractivity contribution is 5.51. The maximum atomic E-state index is 9.41. The average molecular weight is 264 g/mol. The van der Waals surface area contributed by atoms with Crippen LogP contribution in [0.4, 0.5) is 0 Å². The Bertz CT molecular complexity index is 438. The lowest BCUT2D eigenvalue weighted by molar-refractivity contribution is 0.173. The molecule has 1 aliphatic heterocycles. The number of aliphatic hydroxyl groups is 1. The highest BCUT2D eigenvalue weighted by Gasteiger charge is 2.19. The predicted molar refractivity (Wildman–Crippen MR) is 70.6 cm³/mol. The van der Waals surface area contributed by atoms with Crippen molar-refractivity contribution in [3.05, 3.63) is 17.7 Å². The summed E-state index contributed by atoms with van der Waals surface area (Å²) in [5, 5.41) is 9.41. The fraction of sp³-hybridized carbons (Fsp3) is 0.600. The van der Waals surface area contributed by atoms with Crippen molar-refractivity contribution in [3.63, 3.8) is 0 Å². The predicted octanol–water partition coefficient (Wildman–Crippen LogP) is 2.87. The molecule has 4 nitrogen and oxygen atoms in total. The van der Waals surface area contributed by atoms with Crippen LogP contribution in [0.1, 0.15) is 37.7 Å². The third-order valence-electron chi connectivity index (χ3n) is 3.93. The SMILES string of the molecule is OCc1cc2c(cc1OCC1CCCCC1)OCO2. The first kappa shape index (κ1) is 12.6. The minimum Gasteiger partial charge on any atom is -0.493 e. The van der Waals surface area contributed by atoms with Gasteiger partial charge in [-0.25, -0.2) is 0 Å². The van der Waals surface area contributed by atoms with Crippen LogP contribution in [0.3, 0.4) is 0 Å². The topological polar surface area (TPSA) is 47.9 Å². The van der Waals surface area contributed by atoms with E-state index < -0.39 is 0 Å². The van der Waals surface area contributed by atoms with Gasteiger partial charge in [-0.1, -0.05) is 19.3 Å². The molecule has 1 aliphatic carbocycles. The zero-order valence-electron chi connectivity index (χ0n) is 11.1. The van der Waals surface area contributed by atoms with E-state index in [1.54, 1.807) is 6.07 Å². The molecule has 1 saturated carbocycles. The van der Waals surface area contributed by atoms with E-state index in [1.165, 1.54) is 32.1 Å². The number of hydrogen-bond acceptors (Lipinski definition) is 4. The lowest BCUT2D eigenvalue weighted by Gasteiger charge is -2.22. The van der Waals surface area contributed by atoms with E-state index in [4.69, 9.17) is 14.2 Å². The highest BCUT2D eigenvalue weighted by Crippen LogP contribution is 2.38. The Labute approximate surface area is 113 Å². The third-order valence-corrected chi connectivity index (χ3v) is 3.93. The van der Waals surface area contributed by atoms with Gasteiger partial charge in [0.1, 0.15) is 5.75 Å². The van der Waals surface area contributed by atoms with E-state index in [0.717, 1.165) is 17.9 Å². The molecule has 0 amide bonds. The van der Waals surface area contributed by atoms with Gasteiger partial charge in [-0.15, -0.1) is 0 Å². The van der Waals surface area contributed by atoms with Gasteiger partial charge in [-0.2, -0.15) is 0 Å². The van der Waals surface area contributed by atoms with Crippen LogP contribution in [0.5, 0.6) is 17.2 Å². The molecule has 0 unspecified atom stereocenters. The van der Waals surface area contributed by atoms with Crippen molar-refractivity contribution in [3.8, 4) is 17.2 Å². The first-order valence-electron chi connectivity index (χ1n) is 7.03. The number of ether oxygens (including phenoxy) is 3. The Morgan fingerprint density at radius 3 is 2.58 bits per heavy atom. The number of aliphatic hydroxyl groups excluding tert-OH is 1. The van der Waals surface area contributed by atoms with Crippen LogP contribution >= 0.6 is 0 Å². The molecule has 0 radical (unpaired) electrons. The van der Waals surface area contributed by atoms with Crippen molar-refractivity contribution >= 4 is 0 Å². The fourth-order valence-corrected chi connectivity index (χ4v) is 2.78. The van der Waals surface area contributed by atoms with Crippen LogP contribution in [0, 0.1) is 5.92 Å². The van der Waals surface area contributed by atoms with Crippen LogP contribution in [0.25, 0.3) is 0 Å². The molecule has 0 spiro atoms. The number of hydrogen-bond donors (Lipinski definition) is 1. The molecule has 1 fully saturated rings. The minimum absolute atomic E-state index is 0.0450. The van der Waals surface area contributed by atoms with E-state index in [-0.39, 0.29) is 13.4 Å². The summed E-state index contributed by atoms with van der Waals surface area (Å²) in [6, 6.07) is 3.63. The molecule has 1 N–H and O–H groups in total. The van der Waals surface area contributed by atoms with Crippen LogP contribution in [-0.4, -0.2) is 18.5 Å². The van der Waals surface area contributed by atoms with Crippen LogP contribution in [0.15, 0.2) is 12.1 Å². The molecule has 1 heterocycles. The lowest BCUT2D eigenvalue weighted by atomic mass is 9.90. The fourth-order valence-electron chi connectivity index (χ4n) is 2.78. The number of rotatable bonds is 4. The van der Waals surface area contributed by atoms with Crippen LogP contribution in [0.2, 0.25) is 0 Å². The van der Waals surface area contributed by atoms with Gasteiger partial charge in [0.15, 0.2) is 11.5 Å². The van der Waals surface area contributed by atoms with Crippen LogP contribution in [-0.2, 0) is 6.61 Å². The summed E-state index contributed by atoms with van der Waals surface area (Å²) >= 11 is 0. The number of fused-ring (bicyclic) bond motifs is 1. The molecule has 1 aromatic carbocycles. The Morgan fingerprint density at radius 2 is 1.84 bits per heavy atom. The molecule has 0 saturated heterocycles. The van der Waals surface area contributed by atoms with Gasteiger partial charge in [0, 0.05) is 11.6 Å². The van der Waals surface area contributed by atoms with Gasteiger partial charge in [0.2, 0.25) is 6.79 Å². The van der Waals surface area contributed by atoms with Gasteiger partial charge < -0.3 is 19.3 Å². The Morgan fingerprint density at radius 1 is 1.11 bits per heavy atom. The van der Waals surface area contributed by atoms with Crippen molar-refractivity contribution in [2.24, 2.45) is 5.92 Å². The maximum absolute atomic E-state index is 9.41. The second-order valence-corrected chi connectivity index (χ2v) is 5.29. The molecule has 1 aromatic rings. The van der Waals surface area contributed by atoms with Crippen molar-refractivity contribution in [1.29, 1.82) is 0 Å². The standard InChI is InChI=1S/C15H20O4/c16-8-12-6-14-15(19-10-18-14)7-13(12)17-9-11-4-2-1-3-5-11/h6-7,11,16H,1-5,8-10H2. The molecule has 4 heteroatoms. The third kappa shape index (κ3) is 2.78. The van der Waals surface area contributed by atoms with Crippen LogP contribution < -0.4 is 14.2 Å². The summed E-state index contributed by atoms with van der Waals surface area (Å²) in [5.41, 5.74) is 0.764. The number of benzene rings is 1. The largest absolute Gasteiger partial charge is 0.493 e. The smallest absolute Gasteiger partial charge is 0.231 e. The summed E-state index contributed by atoms with van der Waals surface area (Å²) < 4.78 is 16.5. The monoisotopic (exact) mass is 264 g/mol. The van der Waals surface area contributed by atoms with Gasteiger partial charge in [-0.3, -0.25) is 0 Å². The molecule has 104 valence electrons. The Balaban J connectivity index is 1.69. The lowest BCUT2D eigenvalue weighted by Crippen LogP contribution is -2.15. The summed E-state index contributed by atoms with van der Waals surface area (Å²) in [5.74, 6) is 2.76. The van der Waals surface area contributed by atoms with Gasteiger partial charge in [-0.05, 0) is 24.8 Å². The Hall–Kier alpha value is -1.42. The molecular formula is C15H20O4. The zero-order chi connectivity index (χ0) is 13.1. The second-order valence-electron chi connectivity index (χ2n) is 5.29. The first-order valence-corrected chi connectivity index (χ1v) is 7.03. The van der Waals surface area contributed by atoms with E-state index in [0.29, 0.717) is 17.4 Å². The summed E-state index contributed by atoms with van der Waals surface area (Å²) in [6.45, 7) is 0.926. The van der Waals surface area contributed by atoms with Gasteiger partial charge in [0.05, 0.1) is 13.2 Å². The van der Waals surface area contributed by atoms with Crippen molar-refractivity contribution in [2.75, 3.05) is 13.4 Å². The van der Waals surface area contributed by atoms with E-state index in [9.17, 15) is 5.11 Å². The quantitative estimate of drug-likeness (QED) is 0.908. The minimum atomic E-state index is -0.0450. The van der Waals surface area contributed by atoms with E-state index in [1.807, 2.05) is 6.07 Å². The molecule has 0 bridgehead atoms. The van der Waals surface area contributed by atoms with E-state index in [2.05, 4.69) is 0 Å². The average Bonchev–Trinajstić information content (AvgIpc) is 2.92. The molecule has 3 rings (SSSR count). The molecule has 0 aromatic heterocycles. The normalized spacial score (nSPS) is 18.6. The van der Waals surface area contributed by atoms with E-state index >= 15 is 0 Å². The van der Waals surface area contributed by atoms with Crippen molar-refractivity contribution in [2.45, 2.75) is 38.7 Å².